The predicted molar refractivity (Wildman–Crippen MR) is 170 cm³/mol. The molecule has 0 aromatic heterocycles. The third kappa shape index (κ3) is 33.2. The Morgan fingerprint density at radius 2 is 0.921 bits per heavy atom. The first-order valence-corrected chi connectivity index (χ1v) is 17.5. The van der Waals surface area contributed by atoms with Crippen molar-refractivity contribution in [1.82, 2.24) is 0 Å². The second-order valence-electron chi connectivity index (χ2n) is 12.3. The van der Waals surface area contributed by atoms with Crippen LogP contribution in [0.1, 0.15) is 201 Å². The molecule has 0 amide bonds. The maximum Gasteiger partial charge on any atom is 0.305 e. The molecule has 38 heavy (non-hydrogen) atoms. The molecule has 0 heterocycles. The monoisotopic (exact) mass is 535 g/mol. The van der Waals surface area contributed by atoms with Gasteiger partial charge in [-0.05, 0) is 38.0 Å². The molecule has 0 spiro atoms. The van der Waals surface area contributed by atoms with Gasteiger partial charge in [0.1, 0.15) is 0 Å². The van der Waals surface area contributed by atoms with Crippen LogP contribution in [-0.2, 0) is 9.53 Å². The lowest BCUT2D eigenvalue weighted by atomic mass is 10.0. The van der Waals surface area contributed by atoms with Crippen LogP contribution < -0.4 is 0 Å². The smallest absolute Gasteiger partial charge is 0.305 e. The number of carbonyl (C=O) groups excluding carboxylic acids is 1. The van der Waals surface area contributed by atoms with Gasteiger partial charge in [-0.3, -0.25) is 4.79 Å². The molecule has 0 aromatic carbocycles. The Kier molecular flexibility index (Phi) is 31.7. The van der Waals surface area contributed by atoms with Crippen LogP contribution in [0.15, 0.2) is 12.2 Å². The summed E-state index contributed by atoms with van der Waals surface area (Å²) in [4.78, 5) is 11.9. The summed E-state index contributed by atoms with van der Waals surface area (Å²) in [7, 11) is 0. The molecule has 226 valence electrons. The van der Waals surface area contributed by atoms with E-state index in [1.165, 1.54) is 154 Å². The van der Waals surface area contributed by atoms with E-state index in [4.69, 9.17) is 4.74 Å². The number of hydrogen-bond acceptors (Lipinski definition) is 2. The van der Waals surface area contributed by atoms with E-state index in [2.05, 4.69) is 32.9 Å². The molecule has 2 heteroatoms. The van der Waals surface area contributed by atoms with Gasteiger partial charge in [-0.1, -0.05) is 174 Å². The first-order chi connectivity index (χ1) is 18.7. The average molecular weight is 535 g/mol. The summed E-state index contributed by atoms with van der Waals surface area (Å²) >= 11 is 0. The SMILES string of the molecule is CCCCC=CCCCCCCCC(=O)OCCCCCCCCCCCCCCCCCCCC(C)C. The van der Waals surface area contributed by atoms with Gasteiger partial charge in [-0.15, -0.1) is 0 Å². The largest absolute Gasteiger partial charge is 0.466 e. The summed E-state index contributed by atoms with van der Waals surface area (Å²) in [5.74, 6) is 0.895. The van der Waals surface area contributed by atoms with E-state index in [-0.39, 0.29) is 5.97 Å². The van der Waals surface area contributed by atoms with Crippen LogP contribution in [0.2, 0.25) is 0 Å². The van der Waals surface area contributed by atoms with Crippen molar-refractivity contribution in [2.45, 2.75) is 201 Å². The molecule has 0 saturated heterocycles. The normalized spacial score (nSPS) is 11.7. The maximum absolute atomic E-state index is 11.9. The molecule has 0 bridgehead atoms. The highest BCUT2D eigenvalue weighted by molar-refractivity contribution is 5.69. The number of allylic oxidation sites excluding steroid dienone is 2. The highest BCUT2D eigenvalue weighted by Crippen LogP contribution is 2.15. The van der Waals surface area contributed by atoms with Gasteiger partial charge < -0.3 is 4.74 Å². The molecular formula is C36H70O2. The number of unbranched alkanes of at least 4 members (excludes halogenated alkanes) is 23. The second kappa shape index (κ2) is 32.4. The Morgan fingerprint density at radius 3 is 1.39 bits per heavy atom. The molecular weight excluding hydrogens is 464 g/mol. The van der Waals surface area contributed by atoms with Crippen molar-refractivity contribution in [1.29, 1.82) is 0 Å². The van der Waals surface area contributed by atoms with Crippen molar-refractivity contribution in [2.24, 2.45) is 5.92 Å². The molecule has 0 aliphatic heterocycles. The summed E-state index contributed by atoms with van der Waals surface area (Å²) < 4.78 is 5.42. The second-order valence-corrected chi connectivity index (χ2v) is 12.3. The van der Waals surface area contributed by atoms with Gasteiger partial charge in [0.2, 0.25) is 0 Å². The van der Waals surface area contributed by atoms with Crippen molar-refractivity contribution in [3.63, 3.8) is 0 Å². The number of rotatable bonds is 31. The zero-order chi connectivity index (χ0) is 27.8. The van der Waals surface area contributed by atoms with Crippen molar-refractivity contribution in [3.05, 3.63) is 12.2 Å². The van der Waals surface area contributed by atoms with Gasteiger partial charge in [0.25, 0.3) is 0 Å². The lowest BCUT2D eigenvalue weighted by molar-refractivity contribution is -0.143. The highest BCUT2D eigenvalue weighted by Gasteiger charge is 2.02. The summed E-state index contributed by atoms with van der Waals surface area (Å²) in [6.45, 7) is 7.54. The van der Waals surface area contributed by atoms with E-state index in [0.29, 0.717) is 13.0 Å². The minimum absolute atomic E-state index is 0.0148. The van der Waals surface area contributed by atoms with Crippen LogP contribution >= 0.6 is 0 Å². The summed E-state index contributed by atoms with van der Waals surface area (Å²) in [6, 6.07) is 0. The molecule has 0 rings (SSSR count). The molecule has 0 atom stereocenters. The highest BCUT2D eigenvalue weighted by atomic mass is 16.5. The molecule has 2 nitrogen and oxygen atoms in total. The van der Waals surface area contributed by atoms with Crippen LogP contribution in [0, 0.1) is 5.92 Å². The van der Waals surface area contributed by atoms with Crippen LogP contribution in [0.3, 0.4) is 0 Å². The van der Waals surface area contributed by atoms with E-state index in [9.17, 15) is 4.79 Å². The summed E-state index contributed by atoms with van der Waals surface area (Å²) in [6.07, 6.45) is 41.3. The molecule has 0 radical (unpaired) electrons. The lowest BCUT2D eigenvalue weighted by Gasteiger charge is -2.06. The third-order valence-electron chi connectivity index (χ3n) is 7.83. The topological polar surface area (TPSA) is 26.3 Å². The molecule has 0 aromatic rings. The van der Waals surface area contributed by atoms with Gasteiger partial charge >= 0.3 is 5.97 Å². The predicted octanol–water partition coefficient (Wildman–Crippen LogP) is 12.7. The first-order valence-electron chi connectivity index (χ1n) is 17.5. The van der Waals surface area contributed by atoms with Crippen LogP contribution in [0.5, 0.6) is 0 Å². The summed E-state index contributed by atoms with van der Waals surface area (Å²) in [5.41, 5.74) is 0. The van der Waals surface area contributed by atoms with Gasteiger partial charge in [0.15, 0.2) is 0 Å². The molecule has 0 unspecified atom stereocenters. The van der Waals surface area contributed by atoms with Crippen molar-refractivity contribution < 1.29 is 9.53 Å². The number of esters is 1. The Balaban J connectivity index is 3.16. The van der Waals surface area contributed by atoms with Gasteiger partial charge in [-0.2, -0.15) is 0 Å². The fourth-order valence-corrected chi connectivity index (χ4v) is 5.18. The fraction of sp³-hybridized carbons (Fsp3) is 0.917. The third-order valence-corrected chi connectivity index (χ3v) is 7.83. The van der Waals surface area contributed by atoms with Gasteiger partial charge in [0.05, 0.1) is 6.61 Å². The Bertz CT molecular complexity index is 482. The molecule has 0 aliphatic carbocycles. The number of carbonyl (C=O) groups is 1. The Labute approximate surface area is 240 Å². The van der Waals surface area contributed by atoms with Crippen LogP contribution in [0.25, 0.3) is 0 Å². The fourth-order valence-electron chi connectivity index (χ4n) is 5.18. The quantitative estimate of drug-likeness (QED) is 0.0502. The van der Waals surface area contributed by atoms with Gasteiger partial charge in [0, 0.05) is 6.42 Å². The van der Waals surface area contributed by atoms with Crippen LogP contribution in [-0.4, -0.2) is 12.6 Å². The number of hydrogen-bond donors (Lipinski definition) is 0. The minimum Gasteiger partial charge on any atom is -0.466 e. The van der Waals surface area contributed by atoms with Crippen LogP contribution in [0.4, 0.5) is 0 Å². The van der Waals surface area contributed by atoms with E-state index in [0.717, 1.165) is 25.2 Å². The minimum atomic E-state index is 0.0148. The zero-order valence-electron chi connectivity index (χ0n) is 26.6. The van der Waals surface area contributed by atoms with Crippen molar-refractivity contribution >= 4 is 5.97 Å². The lowest BCUT2D eigenvalue weighted by Crippen LogP contribution is -2.05. The molecule has 0 saturated carbocycles. The van der Waals surface area contributed by atoms with E-state index >= 15 is 0 Å². The first kappa shape index (κ1) is 37.2. The average Bonchev–Trinajstić information content (AvgIpc) is 2.90. The maximum atomic E-state index is 11.9. The van der Waals surface area contributed by atoms with Crippen molar-refractivity contribution in [3.8, 4) is 0 Å². The molecule has 0 aliphatic rings. The standard InChI is InChI=1S/C36H70O2/c1-4-5-6-7-8-9-17-21-24-27-30-33-36(37)38-34-31-28-25-22-19-16-14-12-10-11-13-15-18-20-23-26-29-32-35(2)3/h7-8,35H,4-6,9-34H2,1-3H3. The Morgan fingerprint density at radius 1 is 0.526 bits per heavy atom. The van der Waals surface area contributed by atoms with Gasteiger partial charge in [-0.25, -0.2) is 0 Å². The van der Waals surface area contributed by atoms with Crippen molar-refractivity contribution in [2.75, 3.05) is 6.61 Å². The zero-order valence-corrected chi connectivity index (χ0v) is 26.6. The number of ether oxygens (including phenoxy) is 1. The van der Waals surface area contributed by atoms with E-state index in [1.807, 2.05) is 0 Å². The molecule has 0 N–H and O–H groups in total. The Hall–Kier alpha value is -0.790. The van der Waals surface area contributed by atoms with E-state index < -0.39 is 0 Å². The van der Waals surface area contributed by atoms with E-state index in [1.54, 1.807) is 0 Å². The summed E-state index contributed by atoms with van der Waals surface area (Å²) in [5, 5.41) is 0. The molecule has 0 fully saturated rings.